The van der Waals surface area contributed by atoms with Crippen LogP contribution in [0.25, 0.3) is 11.4 Å². The second-order valence-electron chi connectivity index (χ2n) is 4.49. The molecule has 9 heteroatoms. The quantitative estimate of drug-likeness (QED) is 0.762. The highest BCUT2D eigenvalue weighted by atomic mass is 79.9. The number of halogens is 1. The Bertz CT molecular complexity index is 812. The topological polar surface area (TPSA) is 98.7 Å². The van der Waals surface area contributed by atoms with E-state index in [9.17, 15) is 4.79 Å². The molecule has 3 rings (SSSR count). The van der Waals surface area contributed by atoms with Crippen LogP contribution in [0, 0.1) is 6.92 Å². The Morgan fingerprint density at radius 3 is 2.95 bits per heavy atom. The smallest absolute Gasteiger partial charge is 0.249 e. The van der Waals surface area contributed by atoms with Crippen LogP contribution in [0.5, 0.6) is 0 Å². The Morgan fingerprint density at radius 2 is 2.23 bits per heavy atom. The first kappa shape index (κ1) is 14.4. The van der Waals surface area contributed by atoms with Gasteiger partial charge in [0.25, 0.3) is 0 Å². The molecule has 22 heavy (non-hydrogen) atoms. The molecular weight excluding hydrogens is 352 g/mol. The molecule has 0 unspecified atom stereocenters. The maximum Gasteiger partial charge on any atom is 0.249 e. The molecule has 0 atom stereocenters. The number of carbonyl (C=O) groups is 1. The zero-order chi connectivity index (χ0) is 15.5. The molecule has 0 spiro atoms. The summed E-state index contributed by atoms with van der Waals surface area (Å²) in [5.74, 6) is 1.10. The molecule has 0 aliphatic heterocycles. The normalized spacial score (nSPS) is 10.6. The second kappa shape index (κ2) is 6.06. The van der Waals surface area contributed by atoms with Gasteiger partial charge in [-0.3, -0.25) is 4.79 Å². The molecule has 0 bridgehead atoms. The summed E-state index contributed by atoms with van der Waals surface area (Å²) >= 11 is 3.42. The molecule has 1 aromatic carbocycles. The highest BCUT2D eigenvalue weighted by Crippen LogP contribution is 2.24. The number of tetrazole rings is 1. The first-order valence-corrected chi connectivity index (χ1v) is 7.17. The van der Waals surface area contributed by atoms with Crippen LogP contribution in [0.15, 0.2) is 39.3 Å². The minimum absolute atomic E-state index is 0.0661. The van der Waals surface area contributed by atoms with Crippen molar-refractivity contribution in [1.29, 1.82) is 0 Å². The fourth-order valence-corrected chi connectivity index (χ4v) is 2.26. The van der Waals surface area contributed by atoms with Crippen molar-refractivity contribution in [3.05, 3.63) is 40.6 Å². The number of benzene rings is 1. The fourth-order valence-electron chi connectivity index (χ4n) is 1.80. The number of amides is 1. The number of anilines is 1. The Kier molecular flexibility index (Phi) is 3.96. The van der Waals surface area contributed by atoms with Crippen molar-refractivity contribution in [2.24, 2.45) is 0 Å². The fraction of sp³-hybridized carbons (Fsp3) is 0.154. The van der Waals surface area contributed by atoms with Crippen LogP contribution in [0.3, 0.4) is 0 Å². The van der Waals surface area contributed by atoms with E-state index in [2.05, 4.69) is 41.8 Å². The molecule has 1 N–H and O–H groups in total. The van der Waals surface area contributed by atoms with Crippen molar-refractivity contribution in [3.63, 3.8) is 0 Å². The van der Waals surface area contributed by atoms with Gasteiger partial charge in [0.1, 0.15) is 12.3 Å². The monoisotopic (exact) mass is 362 g/mol. The Morgan fingerprint density at radius 1 is 1.41 bits per heavy atom. The second-order valence-corrected chi connectivity index (χ2v) is 5.35. The van der Waals surface area contributed by atoms with Crippen molar-refractivity contribution in [2.75, 3.05) is 5.32 Å². The van der Waals surface area contributed by atoms with Gasteiger partial charge in [-0.15, -0.1) is 10.2 Å². The molecule has 1 amide bonds. The predicted octanol–water partition coefficient (Wildman–Crippen LogP) is 2.04. The zero-order valence-electron chi connectivity index (χ0n) is 11.5. The highest BCUT2D eigenvalue weighted by Gasteiger charge is 2.12. The number of hydrogen-bond donors (Lipinski definition) is 1. The van der Waals surface area contributed by atoms with E-state index in [1.807, 2.05) is 24.3 Å². The van der Waals surface area contributed by atoms with Crippen molar-refractivity contribution < 1.29 is 9.32 Å². The van der Waals surface area contributed by atoms with Gasteiger partial charge in [-0.1, -0.05) is 33.2 Å². The van der Waals surface area contributed by atoms with Crippen molar-refractivity contribution >= 4 is 27.7 Å². The number of rotatable bonds is 4. The summed E-state index contributed by atoms with van der Waals surface area (Å²) in [5.41, 5.74) is 0.807. The molecule has 2 heterocycles. The van der Waals surface area contributed by atoms with Crippen LogP contribution in [-0.4, -0.2) is 31.3 Å². The molecular formula is C13H11BrN6O2. The Labute approximate surface area is 133 Å². The summed E-state index contributed by atoms with van der Waals surface area (Å²) in [6.45, 7) is 1.68. The molecule has 0 saturated carbocycles. The third-order valence-electron chi connectivity index (χ3n) is 2.75. The van der Waals surface area contributed by atoms with E-state index in [-0.39, 0.29) is 12.5 Å². The maximum atomic E-state index is 11.9. The first-order valence-electron chi connectivity index (χ1n) is 6.38. The number of hydrogen-bond acceptors (Lipinski definition) is 6. The van der Waals surface area contributed by atoms with Crippen LogP contribution in [0.2, 0.25) is 0 Å². The maximum absolute atomic E-state index is 11.9. The van der Waals surface area contributed by atoms with Crippen LogP contribution in [0.4, 0.5) is 5.82 Å². The average Bonchev–Trinajstić information content (AvgIpc) is 3.09. The van der Waals surface area contributed by atoms with Gasteiger partial charge in [-0.2, -0.15) is 4.80 Å². The van der Waals surface area contributed by atoms with Crippen LogP contribution >= 0.6 is 15.9 Å². The number of aromatic nitrogens is 5. The molecule has 0 aliphatic carbocycles. The van der Waals surface area contributed by atoms with Gasteiger partial charge in [-0.25, -0.2) is 0 Å². The minimum Gasteiger partial charge on any atom is -0.360 e. The third-order valence-corrected chi connectivity index (χ3v) is 3.44. The lowest BCUT2D eigenvalue weighted by Gasteiger charge is -1.99. The molecule has 112 valence electrons. The third kappa shape index (κ3) is 3.19. The van der Waals surface area contributed by atoms with Crippen LogP contribution in [0.1, 0.15) is 5.76 Å². The number of nitrogens with zero attached hydrogens (tertiary/aromatic N) is 5. The van der Waals surface area contributed by atoms with Crippen molar-refractivity contribution in [3.8, 4) is 11.4 Å². The molecule has 2 aromatic heterocycles. The standard InChI is InChI=1S/C13H11BrN6O2/c1-8-6-11(18-22-8)15-12(21)7-20-17-13(16-19-20)9-4-2-3-5-10(9)14/h2-6H,7H2,1H3,(H,15,18,21). The van der Waals surface area contributed by atoms with Gasteiger partial charge in [0.05, 0.1) is 0 Å². The van der Waals surface area contributed by atoms with Gasteiger partial charge in [0.2, 0.25) is 11.7 Å². The van der Waals surface area contributed by atoms with E-state index in [0.717, 1.165) is 10.0 Å². The summed E-state index contributed by atoms with van der Waals surface area (Å²) in [5, 5.41) is 18.3. The summed E-state index contributed by atoms with van der Waals surface area (Å²) in [6, 6.07) is 9.14. The molecule has 3 aromatic rings. The van der Waals surface area contributed by atoms with Crippen molar-refractivity contribution in [2.45, 2.75) is 13.5 Å². The van der Waals surface area contributed by atoms with Gasteiger partial charge in [0.15, 0.2) is 5.82 Å². The van der Waals surface area contributed by atoms with E-state index in [1.165, 1.54) is 4.80 Å². The summed E-state index contributed by atoms with van der Waals surface area (Å²) in [4.78, 5) is 13.1. The first-order chi connectivity index (χ1) is 10.6. The van der Waals surface area contributed by atoms with Crippen LogP contribution < -0.4 is 5.32 Å². The van der Waals surface area contributed by atoms with E-state index in [4.69, 9.17) is 4.52 Å². The number of aryl methyl sites for hydroxylation is 1. The van der Waals surface area contributed by atoms with E-state index in [1.54, 1.807) is 13.0 Å². The Hall–Kier alpha value is -2.55. The highest BCUT2D eigenvalue weighted by molar-refractivity contribution is 9.10. The van der Waals surface area contributed by atoms with Crippen molar-refractivity contribution in [1.82, 2.24) is 25.4 Å². The molecule has 0 fully saturated rings. The molecule has 0 saturated heterocycles. The minimum atomic E-state index is -0.315. The van der Waals surface area contributed by atoms with Gasteiger partial charge < -0.3 is 9.84 Å². The average molecular weight is 363 g/mol. The molecule has 0 aliphatic rings. The van der Waals surface area contributed by atoms with Gasteiger partial charge >= 0.3 is 0 Å². The lowest BCUT2D eigenvalue weighted by molar-refractivity contribution is -0.117. The number of carbonyl (C=O) groups excluding carboxylic acids is 1. The van der Waals surface area contributed by atoms with E-state index >= 15 is 0 Å². The molecule has 0 radical (unpaired) electrons. The summed E-state index contributed by atoms with van der Waals surface area (Å²) in [6.07, 6.45) is 0. The van der Waals surface area contributed by atoms with Gasteiger partial charge in [0, 0.05) is 16.1 Å². The lowest BCUT2D eigenvalue weighted by Crippen LogP contribution is -2.20. The van der Waals surface area contributed by atoms with Gasteiger partial charge in [-0.05, 0) is 24.3 Å². The summed E-state index contributed by atoms with van der Waals surface area (Å²) < 4.78 is 5.73. The molecule has 8 nitrogen and oxygen atoms in total. The summed E-state index contributed by atoms with van der Waals surface area (Å²) in [7, 11) is 0. The number of nitrogens with one attached hydrogen (secondary N) is 1. The zero-order valence-corrected chi connectivity index (χ0v) is 13.1. The Balaban J connectivity index is 1.69. The van der Waals surface area contributed by atoms with E-state index in [0.29, 0.717) is 17.4 Å². The SMILES string of the molecule is Cc1cc(NC(=O)Cn2nnc(-c3ccccc3Br)n2)no1. The largest absolute Gasteiger partial charge is 0.360 e. The lowest BCUT2D eigenvalue weighted by atomic mass is 10.2. The van der Waals surface area contributed by atoms with Crippen LogP contribution in [-0.2, 0) is 11.3 Å². The van der Waals surface area contributed by atoms with E-state index < -0.39 is 0 Å². The predicted molar refractivity (Wildman–Crippen MR) is 80.8 cm³/mol.